The Hall–Kier alpha value is -2.11. The Morgan fingerprint density at radius 2 is 2.19 bits per heavy atom. The average Bonchev–Trinajstić information content (AvgIpc) is 2.98. The van der Waals surface area contributed by atoms with Crippen molar-refractivity contribution in [1.82, 2.24) is 10.2 Å². The summed E-state index contributed by atoms with van der Waals surface area (Å²) in [6.45, 7) is 1.80. The maximum Gasteiger partial charge on any atom is 0.251 e. The molecule has 2 aromatic rings. The molecule has 0 atom stereocenters. The van der Waals surface area contributed by atoms with Gasteiger partial charge in [0.15, 0.2) is 0 Å². The lowest BCUT2D eigenvalue weighted by atomic mass is 10.1. The van der Waals surface area contributed by atoms with Gasteiger partial charge in [0.05, 0.1) is 19.4 Å². The summed E-state index contributed by atoms with van der Waals surface area (Å²) in [4.78, 5) is 14.1. The molecule has 0 fully saturated rings. The monoisotopic (exact) mass is 288 g/mol. The van der Waals surface area contributed by atoms with E-state index in [1.54, 1.807) is 18.4 Å². The molecule has 0 aliphatic rings. The molecular weight excluding hydrogens is 268 g/mol. The Labute approximate surface area is 124 Å². The number of likely N-dealkylation sites (N-methyl/N-ethyl adjacent to an activating group) is 1. The van der Waals surface area contributed by atoms with Crippen LogP contribution in [0.25, 0.3) is 0 Å². The van der Waals surface area contributed by atoms with Crippen LogP contribution in [0.3, 0.4) is 0 Å². The molecule has 0 saturated heterocycles. The number of hydrogen-bond donors (Lipinski definition) is 2. The Morgan fingerprint density at radius 3 is 2.90 bits per heavy atom. The van der Waals surface area contributed by atoms with Crippen molar-refractivity contribution in [2.24, 2.45) is 0 Å². The third-order valence-electron chi connectivity index (χ3n) is 3.13. The van der Waals surface area contributed by atoms with Crippen LogP contribution in [0.2, 0.25) is 0 Å². The second-order valence-corrected chi connectivity index (χ2v) is 4.92. The van der Waals surface area contributed by atoms with Gasteiger partial charge in [-0.1, -0.05) is 12.1 Å². The lowest BCUT2D eigenvalue weighted by molar-refractivity contribution is 0.0948. The molecule has 0 unspecified atom stereocenters. The van der Waals surface area contributed by atoms with Crippen LogP contribution in [0.4, 0.5) is 0 Å². The lowest BCUT2D eigenvalue weighted by Gasteiger charge is -2.15. The fourth-order valence-electron chi connectivity index (χ4n) is 2.05. The first-order valence-electron chi connectivity index (χ1n) is 6.88. The summed E-state index contributed by atoms with van der Waals surface area (Å²) < 4.78 is 5.18. The van der Waals surface area contributed by atoms with Crippen molar-refractivity contribution in [3.63, 3.8) is 0 Å². The Balaban J connectivity index is 1.94. The molecule has 1 amide bonds. The number of aliphatic hydroxyl groups excluding tert-OH is 1. The number of rotatable bonds is 7. The van der Waals surface area contributed by atoms with E-state index in [1.807, 2.05) is 36.2 Å². The zero-order valence-electron chi connectivity index (χ0n) is 12.1. The van der Waals surface area contributed by atoms with E-state index in [2.05, 4.69) is 5.32 Å². The van der Waals surface area contributed by atoms with Crippen molar-refractivity contribution >= 4 is 5.91 Å². The maximum absolute atomic E-state index is 12.1. The number of carbonyl (C=O) groups is 1. The van der Waals surface area contributed by atoms with E-state index in [1.165, 1.54) is 0 Å². The van der Waals surface area contributed by atoms with Gasteiger partial charge in [-0.15, -0.1) is 0 Å². The standard InChI is InChI=1S/C16H20N2O3/c1-18(7-8-19)12-13-4-2-5-14(10-13)16(20)17-11-15-6-3-9-21-15/h2-6,9-10,19H,7-8,11-12H2,1H3,(H,17,20). The summed E-state index contributed by atoms with van der Waals surface area (Å²) in [6, 6.07) is 11.1. The van der Waals surface area contributed by atoms with Crippen molar-refractivity contribution in [3.8, 4) is 0 Å². The van der Waals surface area contributed by atoms with Gasteiger partial charge < -0.3 is 14.8 Å². The van der Waals surface area contributed by atoms with Crippen molar-refractivity contribution in [2.45, 2.75) is 13.1 Å². The largest absolute Gasteiger partial charge is 0.467 e. The highest BCUT2D eigenvalue weighted by Gasteiger charge is 2.08. The first-order valence-corrected chi connectivity index (χ1v) is 6.88. The number of furan rings is 1. The molecule has 0 spiro atoms. The highest BCUT2D eigenvalue weighted by atomic mass is 16.3. The van der Waals surface area contributed by atoms with Crippen molar-refractivity contribution in [2.75, 3.05) is 20.2 Å². The van der Waals surface area contributed by atoms with Crippen molar-refractivity contribution < 1.29 is 14.3 Å². The van der Waals surface area contributed by atoms with E-state index in [-0.39, 0.29) is 12.5 Å². The molecular formula is C16H20N2O3. The average molecular weight is 288 g/mol. The minimum absolute atomic E-state index is 0.125. The quantitative estimate of drug-likeness (QED) is 0.813. The number of carbonyl (C=O) groups excluding carboxylic acids is 1. The topological polar surface area (TPSA) is 65.7 Å². The molecule has 0 aliphatic heterocycles. The van der Waals surface area contributed by atoms with Crippen LogP contribution in [0, 0.1) is 0 Å². The van der Waals surface area contributed by atoms with Gasteiger partial charge in [-0.3, -0.25) is 9.69 Å². The number of benzene rings is 1. The summed E-state index contributed by atoms with van der Waals surface area (Å²) in [7, 11) is 1.93. The van der Waals surface area contributed by atoms with Gasteiger partial charge in [0.25, 0.3) is 5.91 Å². The van der Waals surface area contributed by atoms with Gasteiger partial charge in [0.1, 0.15) is 5.76 Å². The van der Waals surface area contributed by atoms with Crippen LogP contribution in [0.15, 0.2) is 47.1 Å². The Morgan fingerprint density at radius 1 is 1.33 bits per heavy atom. The molecule has 2 N–H and O–H groups in total. The first kappa shape index (κ1) is 15.3. The summed E-state index contributed by atoms with van der Waals surface area (Å²) in [6.07, 6.45) is 1.58. The molecule has 5 nitrogen and oxygen atoms in total. The molecule has 21 heavy (non-hydrogen) atoms. The van der Waals surface area contributed by atoms with Crippen LogP contribution in [-0.4, -0.2) is 36.1 Å². The Kier molecular flexibility index (Phi) is 5.54. The number of hydrogen-bond acceptors (Lipinski definition) is 4. The summed E-state index contributed by atoms with van der Waals surface area (Å²) in [5, 5.41) is 11.7. The zero-order chi connectivity index (χ0) is 15.1. The van der Waals surface area contributed by atoms with Gasteiger partial charge in [-0.2, -0.15) is 0 Å². The van der Waals surface area contributed by atoms with E-state index >= 15 is 0 Å². The molecule has 2 rings (SSSR count). The predicted molar refractivity (Wildman–Crippen MR) is 79.7 cm³/mol. The number of aliphatic hydroxyl groups is 1. The van der Waals surface area contributed by atoms with E-state index in [0.29, 0.717) is 25.2 Å². The van der Waals surface area contributed by atoms with E-state index in [9.17, 15) is 4.79 Å². The van der Waals surface area contributed by atoms with Gasteiger partial charge in [-0.05, 0) is 36.9 Å². The second kappa shape index (κ2) is 7.61. The second-order valence-electron chi connectivity index (χ2n) is 4.92. The highest BCUT2D eigenvalue weighted by Crippen LogP contribution is 2.08. The molecule has 1 heterocycles. The van der Waals surface area contributed by atoms with Gasteiger partial charge >= 0.3 is 0 Å². The van der Waals surface area contributed by atoms with E-state index < -0.39 is 0 Å². The van der Waals surface area contributed by atoms with Crippen LogP contribution < -0.4 is 5.32 Å². The van der Waals surface area contributed by atoms with Crippen molar-refractivity contribution in [3.05, 3.63) is 59.5 Å². The third-order valence-corrected chi connectivity index (χ3v) is 3.13. The molecule has 0 bridgehead atoms. The molecule has 1 aromatic heterocycles. The van der Waals surface area contributed by atoms with Gasteiger partial charge in [0, 0.05) is 18.7 Å². The van der Waals surface area contributed by atoms with E-state index in [4.69, 9.17) is 9.52 Å². The fraction of sp³-hybridized carbons (Fsp3) is 0.312. The van der Waals surface area contributed by atoms with Crippen LogP contribution in [0.1, 0.15) is 21.7 Å². The fourth-order valence-corrected chi connectivity index (χ4v) is 2.05. The van der Waals surface area contributed by atoms with Gasteiger partial charge in [-0.25, -0.2) is 0 Å². The normalized spacial score (nSPS) is 10.8. The van der Waals surface area contributed by atoms with E-state index in [0.717, 1.165) is 11.3 Å². The minimum atomic E-state index is -0.127. The van der Waals surface area contributed by atoms with Crippen LogP contribution in [-0.2, 0) is 13.1 Å². The van der Waals surface area contributed by atoms with Crippen LogP contribution in [0.5, 0.6) is 0 Å². The maximum atomic E-state index is 12.1. The van der Waals surface area contributed by atoms with Gasteiger partial charge in [0.2, 0.25) is 0 Å². The molecule has 1 aromatic carbocycles. The highest BCUT2D eigenvalue weighted by molar-refractivity contribution is 5.94. The Bertz CT molecular complexity index is 567. The summed E-state index contributed by atoms with van der Waals surface area (Å²) in [5.74, 6) is 0.597. The molecule has 0 radical (unpaired) electrons. The summed E-state index contributed by atoms with van der Waals surface area (Å²) >= 11 is 0. The number of nitrogens with zero attached hydrogens (tertiary/aromatic N) is 1. The first-order chi connectivity index (χ1) is 10.2. The smallest absolute Gasteiger partial charge is 0.251 e. The molecule has 112 valence electrons. The summed E-state index contributed by atoms with van der Waals surface area (Å²) in [5.41, 5.74) is 1.66. The van der Waals surface area contributed by atoms with Crippen molar-refractivity contribution in [1.29, 1.82) is 0 Å². The molecule has 0 aliphatic carbocycles. The predicted octanol–water partition coefficient (Wildman–Crippen LogP) is 1.63. The number of amides is 1. The van der Waals surface area contributed by atoms with Crippen LogP contribution >= 0.6 is 0 Å². The molecule has 5 heteroatoms. The third kappa shape index (κ3) is 4.73. The number of nitrogens with one attached hydrogen (secondary N) is 1. The zero-order valence-corrected chi connectivity index (χ0v) is 12.1. The minimum Gasteiger partial charge on any atom is -0.467 e. The molecule has 0 saturated carbocycles. The SMILES string of the molecule is CN(CCO)Cc1cccc(C(=O)NCc2ccco2)c1. The lowest BCUT2D eigenvalue weighted by Crippen LogP contribution is -2.24.